The molecule has 0 atom stereocenters. The van der Waals surface area contributed by atoms with E-state index in [2.05, 4.69) is 5.32 Å². The number of carbonyl (C=O) groups is 2. The van der Waals surface area contributed by atoms with E-state index in [4.69, 9.17) is 0 Å². The first-order valence-electron chi connectivity index (χ1n) is 5.78. The molecule has 0 aliphatic carbocycles. The van der Waals surface area contributed by atoms with Crippen molar-refractivity contribution >= 4 is 11.7 Å². The lowest BCUT2D eigenvalue weighted by atomic mass is 10.1. The Morgan fingerprint density at radius 3 is 2.33 bits per heavy atom. The van der Waals surface area contributed by atoms with Gasteiger partial charge in [-0.05, 0) is 30.8 Å². The summed E-state index contributed by atoms with van der Waals surface area (Å²) in [5.74, 6) is -0.631. The van der Waals surface area contributed by atoms with E-state index < -0.39 is 0 Å². The number of ketones is 1. The van der Waals surface area contributed by atoms with Crippen molar-refractivity contribution in [3.63, 3.8) is 0 Å². The predicted octanol–water partition coefficient (Wildman–Crippen LogP) is 1.08. The third kappa shape index (κ3) is 4.25. The van der Waals surface area contributed by atoms with Crippen molar-refractivity contribution in [1.29, 1.82) is 0 Å². The van der Waals surface area contributed by atoms with Gasteiger partial charge in [-0.25, -0.2) is 4.39 Å². The zero-order chi connectivity index (χ0) is 13.5. The number of nitrogens with one attached hydrogen (secondary N) is 1. The van der Waals surface area contributed by atoms with Gasteiger partial charge in [0.05, 0.1) is 13.1 Å². The Morgan fingerprint density at radius 2 is 1.83 bits per heavy atom. The molecule has 1 rings (SSSR count). The first-order chi connectivity index (χ1) is 8.56. The third-order valence-electron chi connectivity index (χ3n) is 2.63. The molecule has 4 nitrogen and oxygen atoms in total. The molecule has 0 heterocycles. The molecule has 1 aromatic carbocycles. The van der Waals surface area contributed by atoms with Gasteiger partial charge < -0.3 is 5.32 Å². The van der Waals surface area contributed by atoms with Crippen LogP contribution in [0, 0.1) is 5.82 Å². The van der Waals surface area contributed by atoms with Gasteiger partial charge in [0.15, 0.2) is 5.78 Å². The van der Waals surface area contributed by atoms with Gasteiger partial charge in [-0.2, -0.15) is 0 Å². The van der Waals surface area contributed by atoms with E-state index in [1.807, 2.05) is 6.92 Å². The maximum Gasteiger partial charge on any atom is 0.233 e. The minimum Gasteiger partial charge on any atom is -0.358 e. The van der Waals surface area contributed by atoms with Gasteiger partial charge >= 0.3 is 0 Å². The summed E-state index contributed by atoms with van der Waals surface area (Å²) in [6.45, 7) is 2.80. The highest BCUT2D eigenvalue weighted by atomic mass is 19.1. The Hall–Kier alpha value is -1.75. The quantitative estimate of drug-likeness (QED) is 0.771. The summed E-state index contributed by atoms with van der Waals surface area (Å²) < 4.78 is 12.7. The number of halogens is 1. The highest BCUT2D eigenvalue weighted by Gasteiger charge is 2.13. The van der Waals surface area contributed by atoms with Crippen molar-refractivity contribution in [3.8, 4) is 0 Å². The third-order valence-corrected chi connectivity index (χ3v) is 2.63. The molecule has 1 amide bonds. The molecule has 0 saturated carbocycles. The van der Waals surface area contributed by atoms with Gasteiger partial charge in [-0.15, -0.1) is 0 Å². The second-order valence-electron chi connectivity index (χ2n) is 3.91. The van der Waals surface area contributed by atoms with Crippen molar-refractivity contribution in [2.75, 3.05) is 26.7 Å². The second kappa shape index (κ2) is 6.86. The zero-order valence-electron chi connectivity index (χ0n) is 10.6. The van der Waals surface area contributed by atoms with E-state index in [1.54, 1.807) is 11.9 Å². The van der Waals surface area contributed by atoms with Crippen LogP contribution in [0.15, 0.2) is 24.3 Å². The molecule has 0 bridgehead atoms. The summed E-state index contributed by atoms with van der Waals surface area (Å²) in [6, 6.07) is 5.40. The lowest BCUT2D eigenvalue weighted by Gasteiger charge is -2.18. The minimum absolute atomic E-state index is 0.124. The molecule has 18 heavy (non-hydrogen) atoms. The summed E-state index contributed by atoms with van der Waals surface area (Å²) in [4.78, 5) is 24.9. The molecule has 0 saturated heterocycles. The van der Waals surface area contributed by atoms with E-state index in [-0.39, 0.29) is 30.6 Å². The fourth-order valence-electron chi connectivity index (χ4n) is 1.49. The molecule has 0 spiro atoms. The Balaban J connectivity index is 2.61. The molecule has 0 aromatic heterocycles. The Bertz CT molecular complexity index is 418. The molecule has 0 unspecified atom stereocenters. The van der Waals surface area contributed by atoms with E-state index in [0.717, 1.165) is 0 Å². The van der Waals surface area contributed by atoms with Gasteiger partial charge in [-0.3, -0.25) is 14.5 Å². The first kappa shape index (κ1) is 14.3. The zero-order valence-corrected chi connectivity index (χ0v) is 10.6. The van der Waals surface area contributed by atoms with Crippen LogP contribution in [0.4, 0.5) is 4.39 Å². The topological polar surface area (TPSA) is 49.4 Å². The fraction of sp³-hybridized carbons (Fsp3) is 0.385. The van der Waals surface area contributed by atoms with E-state index in [0.29, 0.717) is 12.1 Å². The van der Waals surface area contributed by atoms with Crippen molar-refractivity contribution in [1.82, 2.24) is 10.2 Å². The fourth-order valence-corrected chi connectivity index (χ4v) is 1.49. The molecular weight excluding hydrogens is 235 g/mol. The highest BCUT2D eigenvalue weighted by molar-refractivity contribution is 5.97. The van der Waals surface area contributed by atoms with Crippen molar-refractivity contribution in [2.24, 2.45) is 0 Å². The van der Waals surface area contributed by atoms with Crippen LogP contribution in [0.1, 0.15) is 17.3 Å². The van der Waals surface area contributed by atoms with Crippen LogP contribution in [-0.4, -0.2) is 43.3 Å². The first-order valence-corrected chi connectivity index (χ1v) is 5.78. The Morgan fingerprint density at radius 1 is 1.22 bits per heavy atom. The Kier molecular flexibility index (Phi) is 5.45. The summed E-state index contributed by atoms with van der Waals surface area (Å²) >= 11 is 0. The standard InChI is InChI=1S/C13H17FN2O2/c1-3-16(9-13(18)15-2)8-12(17)10-4-6-11(14)7-5-10/h4-7H,3,8-9H2,1-2H3,(H,15,18). The van der Waals surface area contributed by atoms with Crippen LogP contribution in [0.5, 0.6) is 0 Å². The molecule has 98 valence electrons. The molecule has 0 radical (unpaired) electrons. The number of hydrogen-bond donors (Lipinski definition) is 1. The highest BCUT2D eigenvalue weighted by Crippen LogP contribution is 2.05. The Labute approximate surface area is 106 Å². The number of likely N-dealkylation sites (N-methyl/N-ethyl adjacent to an activating group) is 2. The van der Waals surface area contributed by atoms with Gasteiger partial charge in [0.2, 0.25) is 5.91 Å². The monoisotopic (exact) mass is 252 g/mol. The smallest absolute Gasteiger partial charge is 0.233 e. The molecule has 1 N–H and O–H groups in total. The average Bonchev–Trinajstić information content (AvgIpc) is 2.38. The number of rotatable bonds is 6. The van der Waals surface area contributed by atoms with Crippen molar-refractivity contribution in [3.05, 3.63) is 35.6 Å². The lowest BCUT2D eigenvalue weighted by molar-refractivity contribution is -0.121. The summed E-state index contributed by atoms with van der Waals surface area (Å²) in [5.41, 5.74) is 0.451. The SMILES string of the molecule is CCN(CC(=O)NC)CC(=O)c1ccc(F)cc1. The van der Waals surface area contributed by atoms with Crippen molar-refractivity contribution < 1.29 is 14.0 Å². The molecule has 0 fully saturated rings. The summed E-state index contributed by atoms with van der Waals surface area (Å²) in [5, 5.41) is 2.51. The maximum atomic E-state index is 12.7. The van der Waals surface area contributed by atoms with Crippen LogP contribution < -0.4 is 5.32 Å². The minimum atomic E-state index is -0.371. The van der Waals surface area contributed by atoms with Crippen LogP contribution >= 0.6 is 0 Å². The number of nitrogens with zero attached hydrogens (tertiary/aromatic N) is 1. The largest absolute Gasteiger partial charge is 0.358 e. The maximum absolute atomic E-state index is 12.7. The van der Waals surface area contributed by atoms with Crippen LogP contribution in [0.25, 0.3) is 0 Å². The molecule has 0 aliphatic heterocycles. The van der Waals surface area contributed by atoms with Gasteiger partial charge in [0.25, 0.3) is 0 Å². The summed E-state index contributed by atoms with van der Waals surface area (Å²) in [7, 11) is 1.55. The van der Waals surface area contributed by atoms with Gasteiger partial charge in [0, 0.05) is 12.6 Å². The number of hydrogen-bond acceptors (Lipinski definition) is 3. The number of Topliss-reactive ketones (excluding diaryl/α,β-unsaturated/α-hetero) is 1. The van der Waals surface area contributed by atoms with E-state index in [1.165, 1.54) is 24.3 Å². The number of amides is 1. The molecule has 0 aliphatic rings. The average molecular weight is 252 g/mol. The molecule has 5 heteroatoms. The van der Waals surface area contributed by atoms with E-state index >= 15 is 0 Å². The summed E-state index contributed by atoms with van der Waals surface area (Å²) in [6.07, 6.45) is 0. The molecular formula is C13H17FN2O2. The van der Waals surface area contributed by atoms with E-state index in [9.17, 15) is 14.0 Å². The van der Waals surface area contributed by atoms with Crippen molar-refractivity contribution in [2.45, 2.75) is 6.92 Å². The normalized spacial score (nSPS) is 10.4. The van der Waals surface area contributed by atoms with Crippen LogP contribution in [0.2, 0.25) is 0 Å². The van der Waals surface area contributed by atoms with Crippen LogP contribution in [-0.2, 0) is 4.79 Å². The lowest BCUT2D eigenvalue weighted by Crippen LogP contribution is -2.38. The van der Waals surface area contributed by atoms with Gasteiger partial charge in [-0.1, -0.05) is 6.92 Å². The van der Waals surface area contributed by atoms with Gasteiger partial charge in [0.1, 0.15) is 5.82 Å². The second-order valence-corrected chi connectivity index (χ2v) is 3.91. The number of benzene rings is 1. The predicted molar refractivity (Wildman–Crippen MR) is 66.9 cm³/mol. The van der Waals surface area contributed by atoms with Crippen LogP contribution in [0.3, 0.4) is 0 Å². The number of carbonyl (C=O) groups excluding carboxylic acids is 2. The molecule has 1 aromatic rings.